The lowest BCUT2D eigenvalue weighted by atomic mass is 10.3. The molecule has 0 fully saturated rings. The van der Waals surface area contributed by atoms with E-state index in [0.29, 0.717) is 0 Å². The summed E-state index contributed by atoms with van der Waals surface area (Å²) in [5, 5.41) is 1.08. The quantitative estimate of drug-likeness (QED) is 0.594. The standard InChI is InChI=1S/C9H8NO/c1-11-10-7-6-8-4-2-3-5-9(8)10/h2-3,5-7H,1H3. The predicted octanol–water partition coefficient (Wildman–Crippen LogP) is 1.50. The average molecular weight is 146 g/mol. The summed E-state index contributed by atoms with van der Waals surface area (Å²) < 4.78 is 1.71. The highest BCUT2D eigenvalue weighted by Gasteiger charge is 1.96. The van der Waals surface area contributed by atoms with Crippen LogP contribution in [0.15, 0.2) is 30.5 Å². The van der Waals surface area contributed by atoms with Crippen LogP contribution in [-0.4, -0.2) is 11.8 Å². The van der Waals surface area contributed by atoms with Crippen LogP contribution < -0.4 is 4.84 Å². The molecule has 1 heterocycles. The number of benzene rings is 1. The third kappa shape index (κ3) is 0.871. The second-order valence-corrected chi connectivity index (χ2v) is 2.29. The number of fused-ring (bicyclic) bond motifs is 1. The number of aromatic nitrogens is 1. The Labute approximate surface area is 65.0 Å². The molecule has 2 heteroatoms. The molecule has 0 saturated carbocycles. The van der Waals surface area contributed by atoms with Crippen molar-refractivity contribution in [2.75, 3.05) is 7.11 Å². The maximum absolute atomic E-state index is 5.06. The number of rotatable bonds is 1. The van der Waals surface area contributed by atoms with Crippen molar-refractivity contribution in [2.24, 2.45) is 0 Å². The van der Waals surface area contributed by atoms with Gasteiger partial charge in [-0.05, 0) is 18.2 Å². The van der Waals surface area contributed by atoms with Crippen LogP contribution in [-0.2, 0) is 0 Å². The zero-order valence-corrected chi connectivity index (χ0v) is 6.24. The lowest BCUT2D eigenvalue weighted by molar-refractivity contribution is 0.179. The van der Waals surface area contributed by atoms with E-state index in [1.807, 2.05) is 30.5 Å². The highest BCUT2D eigenvalue weighted by Crippen LogP contribution is 2.12. The molecule has 2 nitrogen and oxygen atoms in total. The molecule has 0 atom stereocenters. The van der Waals surface area contributed by atoms with Gasteiger partial charge in [0.2, 0.25) is 0 Å². The maximum Gasteiger partial charge on any atom is 0.104 e. The molecule has 0 unspecified atom stereocenters. The third-order valence-corrected chi connectivity index (χ3v) is 1.68. The molecular weight excluding hydrogens is 138 g/mol. The number of hydrogen-bond donors (Lipinski definition) is 0. The SMILES string of the molecule is COn1ccc2[c]cccc21. The molecule has 55 valence electrons. The van der Waals surface area contributed by atoms with Crippen LogP contribution in [0.5, 0.6) is 0 Å². The van der Waals surface area contributed by atoms with Crippen LogP contribution in [0.2, 0.25) is 0 Å². The van der Waals surface area contributed by atoms with Crippen molar-refractivity contribution in [3.8, 4) is 0 Å². The second kappa shape index (κ2) is 2.31. The Bertz CT molecular complexity index is 364. The van der Waals surface area contributed by atoms with Crippen molar-refractivity contribution in [2.45, 2.75) is 0 Å². The topological polar surface area (TPSA) is 14.2 Å². The molecule has 0 amide bonds. The summed E-state index contributed by atoms with van der Waals surface area (Å²) in [6.07, 6.45) is 1.88. The largest absolute Gasteiger partial charge is 0.417 e. The van der Waals surface area contributed by atoms with Gasteiger partial charge < -0.3 is 4.84 Å². The monoisotopic (exact) mass is 146 g/mol. The van der Waals surface area contributed by atoms with E-state index in [2.05, 4.69) is 6.07 Å². The molecule has 0 saturated heterocycles. The van der Waals surface area contributed by atoms with Gasteiger partial charge in [-0.25, -0.2) is 0 Å². The van der Waals surface area contributed by atoms with Gasteiger partial charge in [-0.3, -0.25) is 0 Å². The molecule has 0 N–H and O–H groups in total. The predicted molar refractivity (Wildman–Crippen MR) is 43.3 cm³/mol. The molecule has 0 aliphatic carbocycles. The highest BCUT2D eigenvalue weighted by atomic mass is 16.6. The molecular formula is C9H8NO. The summed E-state index contributed by atoms with van der Waals surface area (Å²) in [5.74, 6) is 0. The van der Waals surface area contributed by atoms with Gasteiger partial charge in [-0.15, -0.1) is 0 Å². The van der Waals surface area contributed by atoms with E-state index in [4.69, 9.17) is 4.84 Å². The molecule has 0 aliphatic rings. The summed E-state index contributed by atoms with van der Waals surface area (Å²) in [6.45, 7) is 0. The molecule has 1 aromatic heterocycles. The fraction of sp³-hybridized carbons (Fsp3) is 0.111. The van der Waals surface area contributed by atoms with Gasteiger partial charge in [0.15, 0.2) is 0 Å². The van der Waals surface area contributed by atoms with Gasteiger partial charge in [0.1, 0.15) is 7.11 Å². The first-order valence-electron chi connectivity index (χ1n) is 3.44. The second-order valence-electron chi connectivity index (χ2n) is 2.29. The molecule has 0 aliphatic heterocycles. The van der Waals surface area contributed by atoms with E-state index in [0.717, 1.165) is 10.9 Å². The van der Waals surface area contributed by atoms with Crippen molar-refractivity contribution in [3.63, 3.8) is 0 Å². The first-order valence-corrected chi connectivity index (χ1v) is 3.44. The normalized spacial score (nSPS) is 10.3. The lowest BCUT2D eigenvalue weighted by Gasteiger charge is -1.99. The maximum atomic E-state index is 5.06. The lowest BCUT2D eigenvalue weighted by Crippen LogP contribution is -2.02. The first kappa shape index (κ1) is 6.28. The Morgan fingerprint density at radius 1 is 1.45 bits per heavy atom. The number of nitrogens with zero attached hydrogens (tertiary/aromatic N) is 1. The Kier molecular flexibility index (Phi) is 1.32. The van der Waals surface area contributed by atoms with Gasteiger partial charge in [0.25, 0.3) is 0 Å². The van der Waals surface area contributed by atoms with Gasteiger partial charge >= 0.3 is 0 Å². The van der Waals surface area contributed by atoms with Gasteiger partial charge in [-0.2, -0.15) is 4.73 Å². The van der Waals surface area contributed by atoms with E-state index >= 15 is 0 Å². The van der Waals surface area contributed by atoms with Crippen LogP contribution >= 0.6 is 0 Å². The molecule has 1 radical (unpaired) electrons. The zero-order valence-electron chi connectivity index (χ0n) is 6.24. The highest BCUT2D eigenvalue weighted by molar-refractivity contribution is 5.78. The molecule has 0 spiro atoms. The fourth-order valence-electron chi connectivity index (χ4n) is 1.15. The summed E-state index contributed by atoms with van der Waals surface area (Å²) >= 11 is 0. The van der Waals surface area contributed by atoms with E-state index in [1.165, 1.54) is 0 Å². The van der Waals surface area contributed by atoms with Crippen LogP contribution in [0.3, 0.4) is 0 Å². The van der Waals surface area contributed by atoms with E-state index in [9.17, 15) is 0 Å². The van der Waals surface area contributed by atoms with Crippen molar-refractivity contribution < 1.29 is 4.84 Å². The minimum absolute atomic E-state index is 1.05. The summed E-state index contributed by atoms with van der Waals surface area (Å²) in [4.78, 5) is 5.06. The van der Waals surface area contributed by atoms with Crippen molar-refractivity contribution in [1.82, 2.24) is 4.73 Å². The smallest absolute Gasteiger partial charge is 0.104 e. The zero-order chi connectivity index (χ0) is 7.68. The van der Waals surface area contributed by atoms with Crippen LogP contribution in [0.1, 0.15) is 0 Å². The molecule has 0 bridgehead atoms. The molecule has 1 aromatic carbocycles. The molecule has 2 aromatic rings. The van der Waals surface area contributed by atoms with E-state index < -0.39 is 0 Å². The summed E-state index contributed by atoms with van der Waals surface area (Å²) in [6, 6.07) is 10.9. The van der Waals surface area contributed by atoms with Crippen LogP contribution in [0.25, 0.3) is 10.9 Å². The Hall–Kier alpha value is -1.44. The first-order chi connectivity index (χ1) is 5.42. The average Bonchev–Trinajstić information content (AvgIpc) is 2.47. The van der Waals surface area contributed by atoms with Gasteiger partial charge in [-0.1, -0.05) is 12.1 Å². The number of hydrogen-bond acceptors (Lipinski definition) is 1. The van der Waals surface area contributed by atoms with Gasteiger partial charge in [0.05, 0.1) is 5.52 Å². The Morgan fingerprint density at radius 2 is 2.36 bits per heavy atom. The van der Waals surface area contributed by atoms with E-state index in [-0.39, 0.29) is 0 Å². The van der Waals surface area contributed by atoms with Crippen molar-refractivity contribution in [1.29, 1.82) is 0 Å². The van der Waals surface area contributed by atoms with Crippen LogP contribution in [0.4, 0.5) is 0 Å². The minimum Gasteiger partial charge on any atom is -0.417 e. The summed E-state index contributed by atoms with van der Waals surface area (Å²) in [5.41, 5.74) is 1.05. The van der Waals surface area contributed by atoms with E-state index in [1.54, 1.807) is 11.8 Å². The van der Waals surface area contributed by atoms with Crippen LogP contribution in [0, 0.1) is 6.07 Å². The third-order valence-electron chi connectivity index (χ3n) is 1.68. The summed E-state index contributed by atoms with van der Waals surface area (Å²) in [7, 11) is 1.65. The van der Waals surface area contributed by atoms with Crippen molar-refractivity contribution in [3.05, 3.63) is 36.5 Å². The fourth-order valence-corrected chi connectivity index (χ4v) is 1.15. The molecule has 11 heavy (non-hydrogen) atoms. The minimum atomic E-state index is 1.05. The molecule has 2 rings (SSSR count). The van der Waals surface area contributed by atoms with Gasteiger partial charge in [0, 0.05) is 11.6 Å². The Morgan fingerprint density at radius 3 is 3.18 bits per heavy atom. The Balaban J connectivity index is 2.76. The van der Waals surface area contributed by atoms with Crippen molar-refractivity contribution >= 4 is 10.9 Å².